The fourth-order valence-corrected chi connectivity index (χ4v) is 3.76. The van der Waals surface area contributed by atoms with Crippen LogP contribution in [0.15, 0.2) is 6.07 Å². The van der Waals surface area contributed by atoms with E-state index in [4.69, 9.17) is 0 Å². The Hall–Kier alpha value is -0.380. The van der Waals surface area contributed by atoms with Crippen LogP contribution in [0.4, 0.5) is 0 Å². The van der Waals surface area contributed by atoms with Crippen LogP contribution in [0, 0.1) is 19.8 Å². The smallest absolute Gasteiger partial charge is 0.0242 e. The molecule has 1 aromatic rings. The number of thiophene rings is 1. The highest BCUT2D eigenvalue weighted by atomic mass is 32.1. The first-order valence-corrected chi connectivity index (χ1v) is 8.24. The zero-order valence-corrected chi connectivity index (χ0v) is 14.2. The van der Waals surface area contributed by atoms with Crippen molar-refractivity contribution in [1.82, 2.24) is 10.2 Å². The van der Waals surface area contributed by atoms with Crippen molar-refractivity contribution >= 4 is 11.3 Å². The number of nitrogens with zero attached hydrogens (tertiary/aromatic N) is 1. The molecule has 3 heteroatoms. The predicted molar refractivity (Wildman–Crippen MR) is 87.0 cm³/mol. The molecule has 1 N–H and O–H groups in total. The molecule has 0 bridgehead atoms. The van der Waals surface area contributed by atoms with Crippen molar-refractivity contribution in [2.75, 3.05) is 20.6 Å². The summed E-state index contributed by atoms with van der Waals surface area (Å²) in [6.45, 7) is 11.1. The molecule has 19 heavy (non-hydrogen) atoms. The summed E-state index contributed by atoms with van der Waals surface area (Å²) >= 11 is 1.90. The molecule has 0 radical (unpaired) electrons. The average molecular weight is 282 g/mol. The Kier molecular flexibility index (Phi) is 7.05. The van der Waals surface area contributed by atoms with Crippen LogP contribution in [0.5, 0.6) is 0 Å². The van der Waals surface area contributed by atoms with Crippen molar-refractivity contribution < 1.29 is 0 Å². The number of hydrogen-bond donors (Lipinski definition) is 1. The third-order valence-electron chi connectivity index (χ3n) is 4.07. The molecule has 0 aliphatic rings. The van der Waals surface area contributed by atoms with Gasteiger partial charge in [0, 0.05) is 28.9 Å². The maximum atomic E-state index is 3.65. The van der Waals surface area contributed by atoms with E-state index < -0.39 is 0 Å². The molecule has 1 rings (SSSR count). The van der Waals surface area contributed by atoms with Gasteiger partial charge in [0.05, 0.1) is 0 Å². The summed E-state index contributed by atoms with van der Waals surface area (Å²) in [6, 6.07) is 2.95. The van der Waals surface area contributed by atoms with Gasteiger partial charge in [-0.1, -0.05) is 26.7 Å². The van der Waals surface area contributed by atoms with Crippen LogP contribution in [-0.4, -0.2) is 31.6 Å². The van der Waals surface area contributed by atoms with E-state index in [1.165, 1.54) is 28.2 Å². The molecule has 1 heterocycles. The average Bonchev–Trinajstić information content (AvgIpc) is 2.67. The molecular formula is C16H30N2S. The summed E-state index contributed by atoms with van der Waals surface area (Å²) in [5, 5.41) is 3.65. The van der Waals surface area contributed by atoms with Crippen LogP contribution >= 0.6 is 11.3 Å². The third kappa shape index (κ3) is 4.90. The van der Waals surface area contributed by atoms with Gasteiger partial charge in [-0.25, -0.2) is 0 Å². The lowest BCUT2D eigenvalue weighted by molar-refractivity contribution is 0.194. The van der Waals surface area contributed by atoms with E-state index in [1.54, 1.807) is 0 Å². The normalized spacial score (nSPS) is 13.5. The second-order valence-corrected chi connectivity index (χ2v) is 7.14. The highest BCUT2D eigenvalue weighted by Crippen LogP contribution is 2.21. The SMILES string of the molecule is CCC(CC)C(CNCc1cc(C)sc1C)N(C)C. The maximum Gasteiger partial charge on any atom is 0.0242 e. The van der Waals surface area contributed by atoms with E-state index in [1.807, 2.05) is 11.3 Å². The fraction of sp³-hybridized carbons (Fsp3) is 0.750. The van der Waals surface area contributed by atoms with Gasteiger partial charge in [0.2, 0.25) is 0 Å². The lowest BCUT2D eigenvalue weighted by Gasteiger charge is -2.31. The molecule has 0 spiro atoms. The van der Waals surface area contributed by atoms with Crippen LogP contribution in [0.3, 0.4) is 0 Å². The minimum atomic E-state index is 0.634. The molecule has 0 aliphatic heterocycles. The van der Waals surface area contributed by atoms with E-state index in [-0.39, 0.29) is 0 Å². The number of hydrogen-bond acceptors (Lipinski definition) is 3. The Morgan fingerprint density at radius 3 is 2.26 bits per heavy atom. The first-order chi connectivity index (χ1) is 8.99. The summed E-state index contributed by atoms with van der Waals surface area (Å²) in [5.41, 5.74) is 1.46. The molecule has 0 amide bonds. The Labute approximate surface area is 123 Å². The van der Waals surface area contributed by atoms with E-state index in [0.29, 0.717) is 6.04 Å². The second kappa shape index (κ2) is 8.03. The molecule has 0 fully saturated rings. The predicted octanol–water partition coefficient (Wildman–Crippen LogP) is 3.82. The molecule has 1 atom stereocenters. The van der Waals surface area contributed by atoms with Gasteiger partial charge in [-0.3, -0.25) is 0 Å². The van der Waals surface area contributed by atoms with Crippen LogP contribution < -0.4 is 5.32 Å². The minimum Gasteiger partial charge on any atom is -0.311 e. The van der Waals surface area contributed by atoms with Gasteiger partial charge in [0.1, 0.15) is 0 Å². The molecule has 1 aromatic heterocycles. The van der Waals surface area contributed by atoms with Crippen LogP contribution in [-0.2, 0) is 6.54 Å². The van der Waals surface area contributed by atoms with Crippen molar-refractivity contribution in [3.8, 4) is 0 Å². The monoisotopic (exact) mass is 282 g/mol. The lowest BCUT2D eigenvalue weighted by atomic mass is 9.93. The molecule has 1 unspecified atom stereocenters. The summed E-state index contributed by atoms with van der Waals surface area (Å²) in [5.74, 6) is 0.785. The molecule has 0 aromatic carbocycles. The van der Waals surface area contributed by atoms with E-state index in [2.05, 4.69) is 58.1 Å². The Bertz CT molecular complexity index is 367. The zero-order chi connectivity index (χ0) is 14.4. The summed E-state index contributed by atoms with van der Waals surface area (Å²) < 4.78 is 0. The number of nitrogens with one attached hydrogen (secondary N) is 1. The largest absolute Gasteiger partial charge is 0.311 e. The number of likely N-dealkylation sites (N-methyl/N-ethyl adjacent to an activating group) is 1. The van der Waals surface area contributed by atoms with Gasteiger partial charge >= 0.3 is 0 Å². The van der Waals surface area contributed by atoms with Crippen molar-refractivity contribution in [3.05, 3.63) is 21.4 Å². The quantitative estimate of drug-likeness (QED) is 0.780. The fourth-order valence-electron chi connectivity index (χ4n) is 2.82. The third-order valence-corrected chi connectivity index (χ3v) is 5.08. The second-order valence-electron chi connectivity index (χ2n) is 5.68. The molecule has 0 saturated carbocycles. The molecule has 110 valence electrons. The maximum absolute atomic E-state index is 3.65. The molecule has 0 aliphatic carbocycles. The topological polar surface area (TPSA) is 15.3 Å². The first-order valence-electron chi connectivity index (χ1n) is 7.42. The van der Waals surface area contributed by atoms with Crippen molar-refractivity contribution in [2.24, 2.45) is 5.92 Å². The van der Waals surface area contributed by atoms with Crippen molar-refractivity contribution in [3.63, 3.8) is 0 Å². The first kappa shape index (κ1) is 16.7. The summed E-state index contributed by atoms with van der Waals surface area (Å²) in [6.07, 6.45) is 2.52. The van der Waals surface area contributed by atoms with E-state index in [0.717, 1.165) is 19.0 Å². The molecule has 0 saturated heterocycles. The highest BCUT2D eigenvalue weighted by molar-refractivity contribution is 7.12. The Balaban J connectivity index is 2.51. The van der Waals surface area contributed by atoms with Gasteiger partial charge in [-0.2, -0.15) is 0 Å². The Morgan fingerprint density at radius 2 is 1.84 bits per heavy atom. The summed E-state index contributed by atoms with van der Waals surface area (Å²) in [4.78, 5) is 5.24. The summed E-state index contributed by atoms with van der Waals surface area (Å²) in [7, 11) is 4.40. The van der Waals surface area contributed by atoms with Crippen LogP contribution in [0.2, 0.25) is 0 Å². The number of rotatable bonds is 8. The lowest BCUT2D eigenvalue weighted by Crippen LogP contribution is -2.42. The van der Waals surface area contributed by atoms with Crippen LogP contribution in [0.1, 0.15) is 42.0 Å². The van der Waals surface area contributed by atoms with Gasteiger partial charge < -0.3 is 10.2 Å². The van der Waals surface area contributed by atoms with E-state index in [9.17, 15) is 0 Å². The Morgan fingerprint density at radius 1 is 1.21 bits per heavy atom. The van der Waals surface area contributed by atoms with Crippen molar-refractivity contribution in [2.45, 2.75) is 53.1 Å². The number of aryl methyl sites for hydroxylation is 2. The van der Waals surface area contributed by atoms with Gasteiger partial charge in [-0.15, -0.1) is 11.3 Å². The van der Waals surface area contributed by atoms with Crippen LogP contribution in [0.25, 0.3) is 0 Å². The minimum absolute atomic E-state index is 0.634. The molecular weight excluding hydrogens is 252 g/mol. The standard InChI is InChI=1S/C16H30N2S/c1-7-14(8-2)16(18(5)6)11-17-10-15-9-12(3)19-13(15)4/h9,14,16-17H,7-8,10-11H2,1-6H3. The molecule has 2 nitrogen and oxygen atoms in total. The van der Waals surface area contributed by atoms with E-state index >= 15 is 0 Å². The van der Waals surface area contributed by atoms with Gasteiger partial charge in [0.25, 0.3) is 0 Å². The van der Waals surface area contributed by atoms with Gasteiger partial charge in [0.15, 0.2) is 0 Å². The van der Waals surface area contributed by atoms with Gasteiger partial charge in [-0.05, 0) is 45.5 Å². The highest BCUT2D eigenvalue weighted by Gasteiger charge is 2.20. The van der Waals surface area contributed by atoms with Crippen molar-refractivity contribution in [1.29, 1.82) is 0 Å². The zero-order valence-electron chi connectivity index (χ0n) is 13.4.